The second-order valence-electron chi connectivity index (χ2n) is 4.06. The summed E-state index contributed by atoms with van der Waals surface area (Å²) in [6.45, 7) is 3.17. The molecule has 0 aromatic carbocycles. The standard InChI is InChI=1S/C10H22N2/c1-9(11)7-8-12-10-5-3-2-4-6-10/h9-10,12H,2-8,11H2,1H3/t9-/m0/s1. The van der Waals surface area contributed by atoms with Gasteiger partial charge in [-0.25, -0.2) is 0 Å². The molecule has 0 saturated heterocycles. The topological polar surface area (TPSA) is 38.0 Å². The SMILES string of the molecule is C[C@H](N)CCNC1CCCCC1. The van der Waals surface area contributed by atoms with Gasteiger partial charge in [0, 0.05) is 12.1 Å². The van der Waals surface area contributed by atoms with Crippen LogP contribution in [-0.2, 0) is 0 Å². The van der Waals surface area contributed by atoms with E-state index in [1.807, 2.05) is 0 Å². The Morgan fingerprint density at radius 2 is 2.00 bits per heavy atom. The maximum absolute atomic E-state index is 5.67. The molecule has 0 aliphatic heterocycles. The molecule has 1 fully saturated rings. The fraction of sp³-hybridized carbons (Fsp3) is 1.00. The molecule has 0 spiro atoms. The van der Waals surface area contributed by atoms with Gasteiger partial charge in [0.2, 0.25) is 0 Å². The van der Waals surface area contributed by atoms with Crippen LogP contribution in [0.25, 0.3) is 0 Å². The second-order valence-corrected chi connectivity index (χ2v) is 4.06. The van der Waals surface area contributed by atoms with Crippen molar-refractivity contribution in [2.24, 2.45) is 5.73 Å². The molecule has 1 saturated carbocycles. The summed E-state index contributed by atoms with van der Waals surface area (Å²) < 4.78 is 0. The average molecular weight is 170 g/mol. The Bertz CT molecular complexity index is 106. The molecule has 0 radical (unpaired) electrons. The molecule has 0 heterocycles. The molecule has 12 heavy (non-hydrogen) atoms. The lowest BCUT2D eigenvalue weighted by Crippen LogP contribution is -2.34. The summed E-state index contributed by atoms with van der Waals surface area (Å²) in [5, 5.41) is 3.57. The van der Waals surface area contributed by atoms with Crippen LogP contribution in [0.1, 0.15) is 45.4 Å². The molecule has 3 N–H and O–H groups in total. The lowest BCUT2D eigenvalue weighted by molar-refractivity contribution is 0.368. The van der Waals surface area contributed by atoms with Gasteiger partial charge in [-0.1, -0.05) is 19.3 Å². The van der Waals surface area contributed by atoms with Crippen molar-refractivity contribution in [1.29, 1.82) is 0 Å². The van der Waals surface area contributed by atoms with Crippen molar-refractivity contribution in [2.45, 2.75) is 57.5 Å². The van der Waals surface area contributed by atoms with E-state index in [4.69, 9.17) is 5.73 Å². The smallest absolute Gasteiger partial charge is 0.00670 e. The van der Waals surface area contributed by atoms with E-state index in [1.165, 1.54) is 32.1 Å². The molecular formula is C10H22N2. The lowest BCUT2D eigenvalue weighted by atomic mass is 9.95. The highest BCUT2D eigenvalue weighted by Crippen LogP contribution is 2.17. The van der Waals surface area contributed by atoms with Crippen LogP contribution in [0, 0.1) is 0 Å². The van der Waals surface area contributed by atoms with Gasteiger partial charge in [-0.05, 0) is 32.7 Å². The third-order valence-electron chi connectivity index (χ3n) is 2.64. The van der Waals surface area contributed by atoms with Crippen molar-refractivity contribution >= 4 is 0 Å². The summed E-state index contributed by atoms with van der Waals surface area (Å²) in [4.78, 5) is 0. The number of hydrogen-bond donors (Lipinski definition) is 2. The van der Waals surface area contributed by atoms with Gasteiger partial charge in [0.25, 0.3) is 0 Å². The van der Waals surface area contributed by atoms with E-state index in [2.05, 4.69) is 12.2 Å². The Balaban J connectivity index is 1.98. The Kier molecular flexibility index (Phi) is 4.62. The number of nitrogens with two attached hydrogens (primary N) is 1. The second kappa shape index (κ2) is 5.55. The van der Waals surface area contributed by atoms with Gasteiger partial charge in [0.05, 0.1) is 0 Å². The van der Waals surface area contributed by atoms with Crippen molar-refractivity contribution in [3.8, 4) is 0 Å². The van der Waals surface area contributed by atoms with Crippen molar-refractivity contribution in [1.82, 2.24) is 5.32 Å². The number of rotatable bonds is 4. The fourth-order valence-corrected chi connectivity index (χ4v) is 1.82. The van der Waals surface area contributed by atoms with Crippen molar-refractivity contribution in [3.63, 3.8) is 0 Å². The Morgan fingerprint density at radius 1 is 1.33 bits per heavy atom. The van der Waals surface area contributed by atoms with Gasteiger partial charge in [-0.15, -0.1) is 0 Å². The van der Waals surface area contributed by atoms with E-state index in [0.717, 1.165) is 19.0 Å². The van der Waals surface area contributed by atoms with E-state index in [0.29, 0.717) is 6.04 Å². The zero-order valence-corrected chi connectivity index (χ0v) is 8.18. The zero-order valence-electron chi connectivity index (χ0n) is 8.18. The molecule has 72 valence electrons. The number of hydrogen-bond acceptors (Lipinski definition) is 2. The van der Waals surface area contributed by atoms with Crippen LogP contribution in [-0.4, -0.2) is 18.6 Å². The molecule has 1 aliphatic carbocycles. The minimum Gasteiger partial charge on any atom is -0.328 e. The van der Waals surface area contributed by atoms with Crippen LogP contribution in [0.3, 0.4) is 0 Å². The van der Waals surface area contributed by atoms with E-state index in [1.54, 1.807) is 0 Å². The minimum absolute atomic E-state index is 0.348. The van der Waals surface area contributed by atoms with Crippen LogP contribution < -0.4 is 11.1 Å². The lowest BCUT2D eigenvalue weighted by Gasteiger charge is -2.23. The van der Waals surface area contributed by atoms with Crippen molar-refractivity contribution < 1.29 is 0 Å². The van der Waals surface area contributed by atoms with Crippen LogP contribution >= 0.6 is 0 Å². The summed E-state index contributed by atoms with van der Waals surface area (Å²) in [7, 11) is 0. The predicted octanol–water partition coefficient (Wildman–Crippen LogP) is 1.65. The maximum Gasteiger partial charge on any atom is 0.00670 e. The molecule has 1 aliphatic rings. The monoisotopic (exact) mass is 170 g/mol. The fourth-order valence-electron chi connectivity index (χ4n) is 1.82. The molecule has 0 amide bonds. The predicted molar refractivity (Wildman–Crippen MR) is 53.1 cm³/mol. The van der Waals surface area contributed by atoms with Gasteiger partial charge in [0.1, 0.15) is 0 Å². The van der Waals surface area contributed by atoms with Crippen LogP contribution in [0.15, 0.2) is 0 Å². The van der Waals surface area contributed by atoms with Gasteiger partial charge in [-0.2, -0.15) is 0 Å². The highest BCUT2D eigenvalue weighted by atomic mass is 14.9. The summed E-state index contributed by atoms with van der Waals surface area (Å²) in [5.41, 5.74) is 5.67. The first-order valence-electron chi connectivity index (χ1n) is 5.28. The first-order chi connectivity index (χ1) is 5.79. The Hall–Kier alpha value is -0.0800. The van der Waals surface area contributed by atoms with E-state index in [9.17, 15) is 0 Å². The quantitative estimate of drug-likeness (QED) is 0.673. The van der Waals surface area contributed by atoms with Crippen molar-refractivity contribution in [3.05, 3.63) is 0 Å². The molecular weight excluding hydrogens is 148 g/mol. The molecule has 2 heteroatoms. The average Bonchev–Trinajstić information content (AvgIpc) is 2.05. The first kappa shape index (κ1) is 10.0. The van der Waals surface area contributed by atoms with E-state index in [-0.39, 0.29) is 0 Å². The summed E-state index contributed by atoms with van der Waals surface area (Å²) in [6.07, 6.45) is 8.12. The molecule has 1 rings (SSSR count). The Labute approximate surface area is 75.9 Å². The van der Waals surface area contributed by atoms with Gasteiger partial charge < -0.3 is 11.1 Å². The Morgan fingerprint density at radius 3 is 2.58 bits per heavy atom. The highest BCUT2D eigenvalue weighted by Gasteiger charge is 2.11. The van der Waals surface area contributed by atoms with E-state index >= 15 is 0 Å². The van der Waals surface area contributed by atoms with Crippen LogP contribution in [0.5, 0.6) is 0 Å². The van der Waals surface area contributed by atoms with Gasteiger partial charge in [-0.3, -0.25) is 0 Å². The minimum atomic E-state index is 0.348. The van der Waals surface area contributed by atoms with Gasteiger partial charge in [0.15, 0.2) is 0 Å². The molecule has 0 unspecified atom stereocenters. The van der Waals surface area contributed by atoms with Gasteiger partial charge >= 0.3 is 0 Å². The maximum atomic E-state index is 5.67. The normalized spacial score (nSPS) is 22.5. The third kappa shape index (κ3) is 4.07. The third-order valence-corrected chi connectivity index (χ3v) is 2.64. The van der Waals surface area contributed by atoms with Crippen LogP contribution in [0.2, 0.25) is 0 Å². The highest BCUT2D eigenvalue weighted by molar-refractivity contribution is 4.72. The molecule has 2 nitrogen and oxygen atoms in total. The number of nitrogens with one attached hydrogen (secondary N) is 1. The summed E-state index contributed by atoms with van der Waals surface area (Å²) >= 11 is 0. The first-order valence-corrected chi connectivity index (χ1v) is 5.28. The molecule has 0 aromatic heterocycles. The largest absolute Gasteiger partial charge is 0.328 e. The summed E-state index contributed by atoms with van der Waals surface area (Å²) in [5.74, 6) is 0. The molecule has 0 bridgehead atoms. The van der Waals surface area contributed by atoms with E-state index < -0.39 is 0 Å². The van der Waals surface area contributed by atoms with Crippen molar-refractivity contribution in [2.75, 3.05) is 6.54 Å². The molecule has 1 atom stereocenters. The zero-order chi connectivity index (χ0) is 8.81. The molecule has 0 aromatic rings. The van der Waals surface area contributed by atoms with Crippen LogP contribution in [0.4, 0.5) is 0 Å². The summed E-state index contributed by atoms with van der Waals surface area (Å²) in [6, 6.07) is 1.14.